The van der Waals surface area contributed by atoms with Crippen molar-refractivity contribution >= 4 is 23.6 Å². The molecule has 1 aromatic rings. The van der Waals surface area contributed by atoms with Crippen molar-refractivity contribution in [2.45, 2.75) is 17.5 Å². The van der Waals surface area contributed by atoms with E-state index in [9.17, 15) is 14.0 Å². The molecule has 2 atom stereocenters. The van der Waals surface area contributed by atoms with Crippen molar-refractivity contribution in [3.63, 3.8) is 0 Å². The summed E-state index contributed by atoms with van der Waals surface area (Å²) in [5, 5.41) is -0.782. The third-order valence-corrected chi connectivity index (χ3v) is 4.12. The maximum absolute atomic E-state index is 13.7. The number of nitrogens with zero attached hydrogens (tertiary/aromatic N) is 1. The van der Waals surface area contributed by atoms with Crippen LogP contribution in [0.1, 0.15) is 17.9 Å². The Balaban J connectivity index is 2.34. The molecule has 1 saturated heterocycles. The average Bonchev–Trinajstić information content (AvgIpc) is 2.57. The SMILES string of the molecule is C[C@@H]1S[C@@H](c2ccccc2F)N(CC(N)=O)C1=O. The first-order valence-corrected chi connectivity index (χ1v) is 6.43. The molecule has 96 valence electrons. The first-order chi connectivity index (χ1) is 8.50. The van der Waals surface area contributed by atoms with E-state index < -0.39 is 11.3 Å². The van der Waals surface area contributed by atoms with Crippen LogP contribution in [0.3, 0.4) is 0 Å². The van der Waals surface area contributed by atoms with Gasteiger partial charge in [0.1, 0.15) is 17.7 Å². The van der Waals surface area contributed by atoms with Crippen LogP contribution in [0.15, 0.2) is 24.3 Å². The number of halogens is 1. The van der Waals surface area contributed by atoms with Gasteiger partial charge in [-0.2, -0.15) is 0 Å². The Morgan fingerprint density at radius 2 is 2.17 bits per heavy atom. The highest BCUT2D eigenvalue weighted by atomic mass is 32.2. The standard InChI is InChI=1S/C12H13FN2O2S/c1-7-11(17)15(6-10(14)16)12(18-7)8-4-2-3-5-9(8)13/h2-5,7,12H,6H2,1H3,(H2,14,16)/t7-,12-/m0/s1. The summed E-state index contributed by atoms with van der Waals surface area (Å²) >= 11 is 1.32. The van der Waals surface area contributed by atoms with Crippen LogP contribution in [0.25, 0.3) is 0 Å². The molecule has 1 aliphatic heterocycles. The molecule has 1 aliphatic rings. The minimum Gasteiger partial charge on any atom is -0.368 e. The largest absolute Gasteiger partial charge is 0.368 e. The Morgan fingerprint density at radius 3 is 2.78 bits per heavy atom. The molecule has 1 aromatic carbocycles. The molecule has 0 spiro atoms. The third-order valence-electron chi connectivity index (χ3n) is 2.74. The fourth-order valence-corrected chi connectivity index (χ4v) is 3.22. The summed E-state index contributed by atoms with van der Waals surface area (Å²) in [4.78, 5) is 24.2. The van der Waals surface area contributed by atoms with E-state index in [4.69, 9.17) is 5.73 Å². The number of thioether (sulfide) groups is 1. The van der Waals surface area contributed by atoms with Crippen molar-refractivity contribution < 1.29 is 14.0 Å². The Labute approximate surface area is 108 Å². The smallest absolute Gasteiger partial charge is 0.237 e. The lowest BCUT2D eigenvalue weighted by Gasteiger charge is -2.22. The second-order valence-corrected chi connectivity index (χ2v) is 5.51. The van der Waals surface area contributed by atoms with E-state index in [2.05, 4.69) is 0 Å². The summed E-state index contributed by atoms with van der Waals surface area (Å²) in [5.41, 5.74) is 5.53. The van der Waals surface area contributed by atoms with E-state index in [1.165, 1.54) is 22.7 Å². The molecule has 0 unspecified atom stereocenters. The van der Waals surface area contributed by atoms with Crippen LogP contribution in [-0.2, 0) is 9.59 Å². The minimum atomic E-state index is -0.598. The molecule has 0 aromatic heterocycles. The highest BCUT2D eigenvalue weighted by Crippen LogP contribution is 2.43. The van der Waals surface area contributed by atoms with Gasteiger partial charge in [0.15, 0.2) is 0 Å². The Bertz CT molecular complexity index is 495. The molecule has 1 fully saturated rings. The molecule has 1 heterocycles. The number of amides is 2. The maximum atomic E-state index is 13.7. The molecular weight excluding hydrogens is 255 g/mol. The van der Waals surface area contributed by atoms with Crippen molar-refractivity contribution in [2.75, 3.05) is 6.54 Å². The number of rotatable bonds is 3. The van der Waals surface area contributed by atoms with Crippen LogP contribution in [0.4, 0.5) is 4.39 Å². The van der Waals surface area contributed by atoms with Gasteiger partial charge in [-0.05, 0) is 13.0 Å². The van der Waals surface area contributed by atoms with E-state index in [0.29, 0.717) is 5.56 Å². The van der Waals surface area contributed by atoms with Crippen molar-refractivity contribution in [1.29, 1.82) is 0 Å². The van der Waals surface area contributed by atoms with Gasteiger partial charge in [0.2, 0.25) is 11.8 Å². The number of carbonyl (C=O) groups is 2. The maximum Gasteiger partial charge on any atom is 0.237 e. The molecule has 2 rings (SSSR count). The topological polar surface area (TPSA) is 63.4 Å². The van der Waals surface area contributed by atoms with Gasteiger partial charge in [-0.15, -0.1) is 11.8 Å². The van der Waals surface area contributed by atoms with Crippen LogP contribution >= 0.6 is 11.8 Å². The monoisotopic (exact) mass is 268 g/mol. The van der Waals surface area contributed by atoms with Crippen molar-refractivity contribution in [2.24, 2.45) is 5.73 Å². The van der Waals surface area contributed by atoms with Gasteiger partial charge in [0, 0.05) is 5.56 Å². The molecule has 0 aliphatic carbocycles. The molecule has 2 amide bonds. The number of benzene rings is 1. The average molecular weight is 268 g/mol. The lowest BCUT2D eigenvalue weighted by Crippen LogP contribution is -2.37. The van der Waals surface area contributed by atoms with Crippen molar-refractivity contribution in [3.05, 3.63) is 35.6 Å². The van der Waals surface area contributed by atoms with Gasteiger partial charge in [0.25, 0.3) is 0 Å². The molecule has 2 N–H and O–H groups in total. The molecule has 0 bridgehead atoms. The van der Waals surface area contributed by atoms with Gasteiger partial charge in [-0.1, -0.05) is 18.2 Å². The lowest BCUT2D eigenvalue weighted by molar-refractivity contribution is -0.134. The van der Waals surface area contributed by atoms with Crippen LogP contribution in [0, 0.1) is 5.82 Å². The summed E-state index contributed by atoms with van der Waals surface area (Å²) in [6.45, 7) is 1.55. The summed E-state index contributed by atoms with van der Waals surface area (Å²) in [7, 11) is 0. The number of nitrogens with two attached hydrogens (primary N) is 1. The van der Waals surface area contributed by atoms with Gasteiger partial charge in [-0.3, -0.25) is 9.59 Å². The first kappa shape index (κ1) is 12.9. The van der Waals surface area contributed by atoms with Crippen LogP contribution < -0.4 is 5.73 Å². The fraction of sp³-hybridized carbons (Fsp3) is 0.333. The lowest BCUT2D eigenvalue weighted by atomic mass is 10.2. The summed E-state index contributed by atoms with van der Waals surface area (Å²) in [6.07, 6.45) is 0. The van der Waals surface area contributed by atoms with Gasteiger partial charge in [-0.25, -0.2) is 4.39 Å². The minimum absolute atomic E-state index is 0.185. The quantitative estimate of drug-likeness (QED) is 0.898. The van der Waals surface area contributed by atoms with E-state index in [1.54, 1.807) is 25.1 Å². The summed E-state index contributed by atoms with van der Waals surface area (Å²) in [5.74, 6) is -1.17. The van der Waals surface area contributed by atoms with E-state index >= 15 is 0 Å². The number of primary amides is 1. The Kier molecular flexibility index (Phi) is 3.56. The Morgan fingerprint density at radius 1 is 1.50 bits per heavy atom. The number of carbonyl (C=O) groups excluding carboxylic acids is 2. The van der Waals surface area contributed by atoms with Gasteiger partial charge >= 0.3 is 0 Å². The van der Waals surface area contributed by atoms with Gasteiger partial charge in [0.05, 0.1) is 5.25 Å². The van der Waals surface area contributed by atoms with E-state index in [0.717, 1.165) is 0 Å². The molecule has 6 heteroatoms. The highest BCUT2D eigenvalue weighted by molar-refractivity contribution is 8.01. The van der Waals surface area contributed by atoms with Crippen LogP contribution in [0.5, 0.6) is 0 Å². The van der Waals surface area contributed by atoms with Crippen LogP contribution in [-0.4, -0.2) is 28.5 Å². The normalized spacial score (nSPS) is 23.4. The number of hydrogen-bond donors (Lipinski definition) is 1. The molecule has 0 saturated carbocycles. The summed E-state index contributed by atoms with van der Waals surface area (Å²) < 4.78 is 13.7. The fourth-order valence-electron chi connectivity index (χ4n) is 1.92. The first-order valence-electron chi connectivity index (χ1n) is 5.49. The third kappa shape index (κ3) is 2.33. The second-order valence-electron chi connectivity index (χ2n) is 4.08. The molecule has 0 radical (unpaired) electrons. The predicted molar refractivity (Wildman–Crippen MR) is 67.1 cm³/mol. The zero-order chi connectivity index (χ0) is 13.3. The number of hydrogen-bond acceptors (Lipinski definition) is 3. The van der Waals surface area contributed by atoms with Crippen molar-refractivity contribution in [1.82, 2.24) is 4.90 Å². The van der Waals surface area contributed by atoms with E-state index in [-0.39, 0.29) is 23.5 Å². The summed E-state index contributed by atoms with van der Waals surface area (Å²) in [6, 6.07) is 6.25. The van der Waals surface area contributed by atoms with E-state index in [1.807, 2.05) is 0 Å². The second kappa shape index (κ2) is 4.97. The molecular formula is C12H13FN2O2S. The van der Waals surface area contributed by atoms with Crippen LogP contribution in [0.2, 0.25) is 0 Å². The Hall–Kier alpha value is -1.56. The zero-order valence-electron chi connectivity index (χ0n) is 9.80. The molecule has 4 nitrogen and oxygen atoms in total. The predicted octanol–water partition coefficient (Wildman–Crippen LogP) is 1.27. The van der Waals surface area contributed by atoms with Gasteiger partial charge < -0.3 is 10.6 Å². The zero-order valence-corrected chi connectivity index (χ0v) is 10.6. The highest BCUT2D eigenvalue weighted by Gasteiger charge is 2.40. The molecule has 18 heavy (non-hydrogen) atoms. The van der Waals surface area contributed by atoms with Crippen molar-refractivity contribution in [3.8, 4) is 0 Å².